The molecule has 0 saturated carbocycles. The molecule has 0 aliphatic carbocycles. The Kier molecular flexibility index (Phi) is 8.17. The first-order chi connectivity index (χ1) is 7.60. The van der Waals surface area contributed by atoms with Crippen molar-refractivity contribution < 1.29 is 23.2 Å². The summed E-state index contributed by atoms with van der Waals surface area (Å²) in [7, 11) is -1.00. The molecule has 0 aromatic heterocycles. The molecule has 0 rings (SSSR count). The highest BCUT2D eigenvalue weighted by atomic mass is 28.4. The van der Waals surface area contributed by atoms with Crippen LogP contribution in [0.5, 0.6) is 0 Å². The molecule has 1 amide bonds. The average Bonchev–Trinajstić information content (AvgIpc) is 2.24. The van der Waals surface area contributed by atoms with Gasteiger partial charge in [-0.15, -0.1) is 0 Å². The summed E-state index contributed by atoms with van der Waals surface area (Å²) in [6.45, 7) is 5.22. The molecule has 0 aliphatic heterocycles. The van der Waals surface area contributed by atoms with Crippen LogP contribution in [0.25, 0.3) is 0 Å². The minimum atomic E-state index is -2.57. The van der Waals surface area contributed by atoms with Crippen LogP contribution < -0.4 is 5.32 Å². The minimum Gasteiger partial charge on any atom is -0.465 e. The Labute approximate surface area is 97.3 Å². The van der Waals surface area contributed by atoms with Crippen LogP contribution in [-0.4, -0.2) is 46.9 Å². The fraction of sp³-hybridized carbons (Fsp3) is 0.889. The first-order valence-corrected chi connectivity index (χ1v) is 7.33. The summed E-state index contributed by atoms with van der Waals surface area (Å²) in [4.78, 5) is 10.3. The van der Waals surface area contributed by atoms with Gasteiger partial charge in [0.15, 0.2) is 0 Å². The number of amides is 1. The molecule has 0 spiro atoms. The Morgan fingerprint density at radius 3 is 2.25 bits per heavy atom. The van der Waals surface area contributed by atoms with Crippen molar-refractivity contribution >= 4 is 14.9 Å². The Bertz CT molecular complexity index is 196. The molecule has 7 heteroatoms. The predicted molar refractivity (Wildman–Crippen MR) is 61.5 cm³/mol. The molecule has 0 atom stereocenters. The van der Waals surface area contributed by atoms with Crippen molar-refractivity contribution in [1.82, 2.24) is 5.32 Å². The second-order valence-corrected chi connectivity index (χ2v) is 5.94. The first kappa shape index (κ1) is 15.4. The van der Waals surface area contributed by atoms with Gasteiger partial charge in [-0.2, -0.15) is 0 Å². The highest BCUT2D eigenvalue weighted by molar-refractivity contribution is 6.60. The van der Waals surface area contributed by atoms with E-state index in [9.17, 15) is 4.79 Å². The maximum Gasteiger partial charge on any atom is 0.500 e. The fourth-order valence-electron chi connectivity index (χ4n) is 1.35. The van der Waals surface area contributed by atoms with Gasteiger partial charge in [-0.25, -0.2) is 4.79 Å². The highest BCUT2D eigenvalue weighted by Gasteiger charge is 2.38. The molecule has 6 nitrogen and oxygen atoms in total. The topological polar surface area (TPSA) is 77.0 Å². The van der Waals surface area contributed by atoms with Crippen LogP contribution in [0.1, 0.15) is 20.3 Å². The molecule has 0 unspecified atom stereocenters. The van der Waals surface area contributed by atoms with E-state index in [1.807, 2.05) is 13.8 Å². The maximum absolute atomic E-state index is 10.3. The van der Waals surface area contributed by atoms with Crippen LogP contribution in [-0.2, 0) is 13.3 Å². The maximum atomic E-state index is 10.3. The van der Waals surface area contributed by atoms with Crippen LogP contribution in [0.15, 0.2) is 0 Å². The van der Waals surface area contributed by atoms with Gasteiger partial charge in [-0.05, 0) is 20.3 Å². The summed E-state index contributed by atoms with van der Waals surface area (Å²) in [6, 6.07) is 0.617. The molecule has 0 radical (unpaired) electrons. The van der Waals surface area contributed by atoms with Gasteiger partial charge >= 0.3 is 14.9 Å². The van der Waals surface area contributed by atoms with E-state index in [1.165, 1.54) is 0 Å². The van der Waals surface area contributed by atoms with E-state index in [-0.39, 0.29) is 0 Å². The molecule has 96 valence electrons. The summed E-state index contributed by atoms with van der Waals surface area (Å²) < 4.78 is 16.4. The summed E-state index contributed by atoms with van der Waals surface area (Å²) in [5.41, 5.74) is 0. The third-order valence-electron chi connectivity index (χ3n) is 1.98. The van der Waals surface area contributed by atoms with Crippen molar-refractivity contribution in [2.24, 2.45) is 0 Å². The Morgan fingerprint density at radius 1 is 1.31 bits per heavy atom. The van der Waals surface area contributed by atoms with E-state index in [0.717, 1.165) is 0 Å². The number of hydrogen-bond acceptors (Lipinski definition) is 4. The van der Waals surface area contributed by atoms with Gasteiger partial charge in [0.1, 0.15) is 0 Å². The molecule has 16 heavy (non-hydrogen) atoms. The lowest BCUT2D eigenvalue weighted by Gasteiger charge is -2.27. The molecule has 0 heterocycles. The molecule has 0 aromatic carbocycles. The van der Waals surface area contributed by atoms with Crippen LogP contribution in [0.4, 0.5) is 4.79 Å². The van der Waals surface area contributed by atoms with E-state index >= 15 is 0 Å². The van der Waals surface area contributed by atoms with Crippen LogP contribution in [0.2, 0.25) is 6.04 Å². The molecular formula is C9H21NO5Si. The zero-order valence-corrected chi connectivity index (χ0v) is 11.1. The van der Waals surface area contributed by atoms with Gasteiger partial charge in [0.25, 0.3) is 0 Å². The van der Waals surface area contributed by atoms with E-state index in [2.05, 4.69) is 5.32 Å². The van der Waals surface area contributed by atoms with Crippen molar-refractivity contribution in [3.8, 4) is 0 Å². The van der Waals surface area contributed by atoms with Crippen molar-refractivity contribution in [3.05, 3.63) is 0 Å². The average molecular weight is 251 g/mol. The van der Waals surface area contributed by atoms with E-state index in [1.54, 1.807) is 7.11 Å². The van der Waals surface area contributed by atoms with Gasteiger partial charge in [0.05, 0.1) is 0 Å². The number of nitrogens with one attached hydrogen (secondary N) is 1. The molecule has 0 aromatic rings. The monoisotopic (exact) mass is 251 g/mol. The lowest BCUT2D eigenvalue weighted by atomic mass is 10.5. The quantitative estimate of drug-likeness (QED) is 0.477. The normalized spacial score (nSPS) is 11.4. The standard InChI is InChI=1S/C9H21NO5Si/c1-4-14-16(13-3,15-5-2)8-6-7-10-9(11)12/h10H,4-8H2,1-3H3,(H,11,12). The van der Waals surface area contributed by atoms with Crippen molar-refractivity contribution in [2.45, 2.75) is 26.3 Å². The molecule has 2 N–H and O–H groups in total. The van der Waals surface area contributed by atoms with Crippen molar-refractivity contribution in [2.75, 3.05) is 26.9 Å². The smallest absolute Gasteiger partial charge is 0.465 e. The van der Waals surface area contributed by atoms with Gasteiger partial charge in [0, 0.05) is 32.9 Å². The predicted octanol–water partition coefficient (Wildman–Crippen LogP) is 1.30. The Balaban J connectivity index is 4.03. The number of carboxylic acid groups (broad SMARTS) is 1. The van der Waals surface area contributed by atoms with Crippen LogP contribution in [0.3, 0.4) is 0 Å². The summed E-state index contributed by atoms with van der Waals surface area (Å²) in [6.07, 6.45) is -0.371. The Morgan fingerprint density at radius 2 is 1.88 bits per heavy atom. The number of carbonyl (C=O) groups is 1. The largest absolute Gasteiger partial charge is 0.500 e. The molecular weight excluding hydrogens is 230 g/mol. The number of hydrogen-bond donors (Lipinski definition) is 2. The van der Waals surface area contributed by atoms with E-state index < -0.39 is 14.9 Å². The highest BCUT2D eigenvalue weighted by Crippen LogP contribution is 2.16. The Hall–Kier alpha value is -0.633. The lowest BCUT2D eigenvalue weighted by Crippen LogP contribution is -2.45. The van der Waals surface area contributed by atoms with Gasteiger partial charge in [0.2, 0.25) is 0 Å². The molecule has 0 aliphatic rings. The minimum absolute atomic E-state index is 0.383. The van der Waals surface area contributed by atoms with Gasteiger partial charge < -0.3 is 23.7 Å². The zero-order chi connectivity index (χ0) is 12.4. The third kappa shape index (κ3) is 6.06. The molecule has 0 saturated heterocycles. The second kappa shape index (κ2) is 8.51. The second-order valence-electron chi connectivity index (χ2n) is 3.09. The molecule has 0 bridgehead atoms. The van der Waals surface area contributed by atoms with Gasteiger partial charge in [-0.1, -0.05) is 0 Å². The summed E-state index contributed by atoms with van der Waals surface area (Å²) >= 11 is 0. The number of rotatable bonds is 9. The van der Waals surface area contributed by atoms with E-state index in [4.69, 9.17) is 18.4 Å². The van der Waals surface area contributed by atoms with Crippen molar-refractivity contribution in [3.63, 3.8) is 0 Å². The zero-order valence-electron chi connectivity index (χ0n) is 10.1. The molecule has 0 fully saturated rings. The fourth-order valence-corrected chi connectivity index (χ4v) is 3.65. The van der Waals surface area contributed by atoms with Crippen LogP contribution in [0, 0.1) is 0 Å². The van der Waals surface area contributed by atoms with Gasteiger partial charge in [-0.3, -0.25) is 0 Å². The first-order valence-electron chi connectivity index (χ1n) is 5.40. The SMILES string of the molecule is CCO[Si](CCCNC(=O)O)(OC)OCC. The summed E-state index contributed by atoms with van der Waals surface area (Å²) in [5, 5.41) is 10.7. The summed E-state index contributed by atoms with van der Waals surface area (Å²) in [5.74, 6) is 0. The van der Waals surface area contributed by atoms with Crippen LogP contribution >= 0.6 is 0 Å². The third-order valence-corrected chi connectivity index (χ3v) is 5.02. The van der Waals surface area contributed by atoms with E-state index in [0.29, 0.717) is 32.2 Å². The van der Waals surface area contributed by atoms with Crippen molar-refractivity contribution in [1.29, 1.82) is 0 Å². The lowest BCUT2D eigenvalue weighted by molar-refractivity contribution is 0.0860.